The van der Waals surface area contributed by atoms with Gasteiger partial charge < -0.3 is 0 Å². The van der Waals surface area contributed by atoms with E-state index >= 15 is 0 Å². The van der Waals surface area contributed by atoms with Gasteiger partial charge in [0.2, 0.25) is 0 Å². The van der Waals surface area contributed by atoms with Crippen LogP contribution in [-0.4, -0.2) is 7.11 Å². The lowest BCUT2D eigenvalue weighted by molar-refractivity contribution is -0.282. The molecule has 0 radical (unpaired) electrons. The fourth-order valence-corrected chi connectivity index (χ4v) is 0.998. The van der Waals surface area contributed by atoms with E-state index in [9.17, 15) is 0 Å². The van der Waals surface area contributed by atoms with Crippen LogP contribution in [0.2, 0.25) is 0 Å². The molecule has 0 spiro atoms. The summed E-state index contributed by atoms with van der Waals surface area (Å²) in [6.07, 6.45) is 1.07. The molecule has 1 rings (SSSR count). The van der Waals surface area contributed by atoms with E-state index in [0.29, 0.717) is 6.61 Å². The number of hydrogen-bond acceptors (Lipinski definition) is 2. The minimum atomic E-state index is 0.514. The summed E-state index contributed by atoms with van der Waals surface area (Å²) in [5, 5.41) is 0. The van der Waals surface area contributed by atoms with Gasteiger partial charge in [0, 0.05) is 0 Å². The number of rotatable bonds is 4. The Balaban J connectivity index is 2.53. The van der Waals surface area contributed by atoms with Crippen molar-refractivity contribution < 1.29 is 9.78 Å². The fraction of sp³-hybridized carbons (Fsp3) is 0.400. The number of hydrogen-bond donors (Lipinski definition) is 0. The molecule has 0 fully saturated rings. The molecule has 0 N–H and O–H groups in total. The SMILES string of the molecule is CCc1ccc(COOC)cc1. The van der Waals surface area contributed by atoms with E-state index in [0.717, 1.165) is 12.0 Å². The van der Waals surface area contributed by atoms with E-state index < -0.39 is 0 Å². The van der Waals surface area contributed by atoms with Gasteiger partial charge in [0.1, 0.15) is 6.61 Å². The van der Waals surface area contributed by atoms with Crippen LogP contribution < -0.4 is 0 Å². The number of benzene rings is 1. The molecule has 1 aromatic rings. The number of aryl methyl sites for hydroxylation is 1. The van der Waals surface area contributed by atoms with E-state index in [1.54, 1.807) is 0 Å². The van der Waals surface area contributed by atoms with E-state index in [4.69, 9.17) is 4.89 Å². The van der Waals surface area contributed by atoms with E-state index in [2.05, 4.69) is 36.1 Å². The van der Waals surface area contributed by atoms with Gasteiger partial charge in [0.15, 0.2) is 0 Å². The molecule has 0 amide bonds. The van der Waals surface area contributed by atoms with Crippen LogP contribution in [0.3, 0.4) is 0 Å². The topological polar surface area (TPSA) is 18.5 Å². The molecule has 0 heterocycles. The third-order valence-corrected chi connectivity index (χ3v) is 1.77. The van der Waals surface area contributed by atoms with Crippen molar-refractivity contribution in [1.82, 2.24) is 0 Å². The van der Waals surface area contributed by atoms with Gasteiger partial charge in [-0.05, 0) is 17.5 Å². The van der Waals surface area contributed by atoms with Crippen LogP contribution in [0.15, 0.2) is 24.3 Å². The maximum atomic E-state index is 4.79. The molecule has 0 aromatic heterocycles. The average Bonchev–Trinajstić information content (AvgIpc) is 2.15. The molecular weight excluding hydrogens is 152 g/mol. The van der Waals surface area contributed by atoms with Crippen molar-refractivity contribution in [2.24, 2.45) is 0 Å². The van der Waals surface area contributed by atoms with Crippen molar-refractivity contribution >= 4 is 0 Å². The summed E-state index contributed by atoms with van der Waals surface area (Å²) in [6, 6.07) is 8.32. The van der Waals surface area contributed by atoms with Gasteiger partial charge in [0.25, 0.3) is 0 Å². The quantitative estimate of drug-likeness (QED) is 0.505. The van der Waals surface area contributed by atoms with E-state index in [1.165, 1.54) is 12.7 Å². The van der Waals surface area contributed by atoms with Gasteiger partial charge in [-0.1, -0.05) is 31.2 Å². The smallest absolute Gasteiger partial charge is 0.107 e. The molecule has 0 saturated carbocycles. The van der Waals surface area contributed by atoms with Crippen molar-refractivity contribution in [3.05, 3.63) is 35.4 Å². The first-order valence-electron chi connectivity index (χ1n) is 4.10. The minimum Gasteiger partial charge on any atom is -0.240 e. The normalized spacial score (nSPS) is 10.2. The molecule has 0 saturated heterocycles. The summed E-state index contributed by atoms with van der Waals surface area (Å²) in [6.45, 7) is 2.65. The monoisotopic (exact) mass is 166 g/mol. The Morgan fingerprint density at radius 2 is 1.67 bits per heavy atom. The minimum absolute atomic E-state index is 0.514. The van der Waals surface area contributed by atoms with E-state index in [-0.39, 0.29) is 0 Å². The predicted molar refractivity (Wildman–Crippen MR) is 47.6 cm³/mol. The Labute approximate surface area is 73.0 Å². The van der Waals surface area contributed by atoms with Crippen LogP contribution >= 0.6 is 0 Å². The first kappa shape index (κ1) is 9.23. The molecule has 0 aliphatic rings. The molecule has 0 atom stereocenters. The van der Waals surface area contributed by atoms with Crippen LogP contribution in [0.5, 0.6) is 0 Å². The maximum Gasteiger partial charge on any atom is 0.107 e. The maximum absolute atomic E-state index is 4.79. The van der Waals surface area contributed by atoms with Crippen LogP contribution in [0.25, 0.3) is 0 Å². The van der Waals surface area contributed by atoms with E-state index in [1.807, 2.05) is 0 Å². The zero-order valence-corrected chi connectivity index (χ0v) is 7.54. The fourth-order valence-electron chi connectivity index (χ4n) is 0.998. The van der Waals surface area contributed by atoms with Gasteiger partial charge >= 0.3 is 0 Å². The van der Waals surface area contributed by atoms with Crippen molar-refractivity contribution in [2.45, 2.75) is 20.0 Å². The average molecular weight is 166 g/mol. The lowest BCUT2D eigenvalue weighted by atomic mass is 10.1. The molecule has 0 aliphatic carbocycles. The van der Waals surface area contributed by atoms with Gasteiger partial charge in [-0.15, -0.1) is 0 Å². The highest BCUT2D eigenvalue weighted by Crippen LogP contribution is 2.05. The lowest BCUT2D eigenvalue weighted by Crippen LogP contribution is -1.91. The van der Waals surface area contributed by atoms with Gasteiger partial charge in [-0.3, -0.25) is 0 Å². The molecule has 0 bridgehead atoms. The van der Waals surface area contributed by atoms with Crippen molar-refractivity contribution in [1.29, 1.82) is 0 Å². The largest absolute Gasteiger partial charge is 0.240 e. The second kappa shape index (κ2) is 4.91. The molecule has 0 unspecified atom stereocenters. The zero-order valence-electron chi connectivity index (χ0n) is 7.54. The molecule has 2 heteroatoms. The molecule has 12 heavy (non-hydrogen) atoms. The molecule has 2 nitrogen and oxygen atoms in total. The Kier molecular flexibility index (Phi) is 3.77. The van der Waals surface area contributed by atoms with Gasteiger partial charge in [0.05, 0.1) is 7.11 Å². The second-order valence-corrected chi connectivity index (χ2v) is 2.60. The first-order chi connectivity index (χ1) is 5.86. The predicted octanol–water partition coefficient (Wildman–Crippen LogP) is 2.33. The highest BCUT2D eigenvalue weighted by atomic mass is 17.2. The van der Waals surface area contributed by atoms with Crippen LogP contribution in [0.1, 0.15) is 18.1 Å². The third kappa shape index (κ3) is 2.64. The van der Waals surface area contributed by atoms with Gasteiger partial charge in [-0.2, -0.15) is 0 Å². The summed E-state index contributed by atoms with van der Waals surface area (Å²) < 4.78 is 0. The standard InChI is InChI=1S/C10H14O2/c1-3-9-4-6-10(7-5-9)8-12-11-2/h4-7H,3,8H2,1-2H3. The van der Waals surface area contributed by atoms with Gasteiger partial charge in [-0.25, -0.2) is 9.78 Å². The Bertz CT molecular complexity index is 216. The van der Waals surface area contributed by atoms with Crippen molar-refractivity contribution in [2.75, 3.05) is 7.11 Å². The lowest BCUT2D eigenvalue weighted by Gasteiger charge is -2.01. The van der Waals surface area contributed by atoms with Crippen LogP contribution in [0.4, 0.5) is 0 Å². The Hall–Kier alpha value is -0.860. The second-order valence-electron chi connectivity index (χ2n) is 2.60. The highest BCUT2D eigenvalue weighted by Gasteiger charge is 1.92. The first-order valence-corrected chi connectivity index (χ1v) is 4.10. The summed E-state index contributed by atoms with van der Waals surface area (Å²) in [5.41, 5.74) is 2.48. The highest BCUT2D eigenvalue weighted by molar-refractivity contribution is 5.21. The molecule has 66 valence electrons. The molecular formula is C10H14O2. The Morgan fingerprint density at radius 3 is 2.17 bits per heavy atom. The van der Waals surface area contributed by atoms with Crippen LogP contribution in [0, 0.1) is 0 Å². The molecule has 1 aromatic carbocycles. The van der Waals surface area contributed by atoms with Crippen LogP contribution in [-0.2, 0) is 22.8 Å². The summed E-state index contributed by atoms with van der Waals surface area (Å²) in [5.74, 6) is 0. The zero-order chi connectivity index (χ0) is 8.81. The van der Waals surface area contributed by atoms with Crippen molar-refractivity contribution in [3.8, 4) is 0 Å². The summed E-state index contributed by atoms with van der Waals surface area (Å²) in [4.78, 5) is 9.30. The summed E-state index contributed by atoms with van der Waals surface area (Å²) >= 11 is 0. The summed E-state index contributed by atoms with van der Waals surface area (Å²) in [7, 11) is 1.51. The van der Waals surface area contributed by atoms with Crippen molar-refractivity contribution in [3.63, 3.8) is 0 Å². The Morgan fingerprint density at radius 1 is 1.08 bits per heavy atom. The third-order valence-electron chi connectivity index (χ3n) is 1.77. The molecule has 0 aliphatic heterocycles.